The molecule has 1 amide bonds. The minimum atomic E-state index is -0.941. The lowest BCUT2D eigenvalue weighted by molar-refractivity contribution is -0.138. The van der Waals surface area contributed by atoms with Crippen LogP contribution in [0.1, 0.15) is 18.9 Å². The van der Waals surface area contributed by atoms with E-state index in [1.54, 1.807) is 19.1 Å². The number of likely N-dealkylation sites (N-methyl/N-ethyl adjacent to an activating group) is 1. The zero-order chi connectivity index (χ0) is 15.1. The van der Waals surface area contributed by atoms with Crippen molar-refractivity contribution in [3.05, 3.63) is 29.8 Å². The van der Waals surface area contributed by atoms with Crippen molar-refractivity contribution < 1.29 is 19.8 Å². The molecule has 0 aliphatic carbocycles. The van der Waals surface area contributed by atoms with E-state index in [2.05, 4.69) is 0 Å². The Hall–Kier alpha value is -2.08. The molecule has 0 heterocycles. The highest BCUT2D eigenvalue weighted by Crippen LogP contribution is 2.11. The van der Waals surface area contributed by atoms with E-state index in [-0.39, 0.29) is 24.6 Å². The summed E-state index contributed by atoms with van der Waals surface area (Å²) in [6.45, 7) is 2.37. The highest BCUT2D eigenvalue weighted by Gasteiger charge is 2.20. The number of phenols is 1. The number of benzene rings is 1. The number of aliphatic carboxylic acids is 1. The van der Waals surface area contributed by atoms with E-state index < -0.39 is 12.0 Å². The highest BCUT2D eigenvalue weighted by molar-refractivity contribution is 5.82. The summed E-state index contributed by atoms with van der Waals surface area (Å²) in [5.74, 6) is -1.05. The molecular weight excluding hydrogens is 260 g/mol. The largest absolute Gasteiger partial charge is 0.508 e. The zero-order valence-electron chi connectivity index (χ0n) is 11.5. The first-order valence-electron chi connectivity index (χ1n) is 6.48. The minimum Gasteiger partial charge on any atom is -0.508 e. The third kappa shape index (κ3) is 4.89. The number of hydrogen-bond donors (Lipinski definition) is 3. The van der Waals surface area contributed by atoms with Crippen LogP contribution in [0.5, 0.6) is 5.75 Å². The van der Waals surface area contributed by atoms with E-state index in [1.807, 2.05) is 0 Å². The number of carboxylic acids is 1. The maximum Gasteiger partial charge on any atom is 0.305 e. The Labute approximate surface area is 117 Å². The lowest BCUT2D eigenvalue weighted by atomic mass is 10.1. The van der Waals surface area contributed by atoms with Gasteiger partial charge in [-0.1, -0.05) is 12.1 Å². The van der Waals surface area contributed by atoms with Gasteiger partial charge in [0.1, 0.15) is 5.75 Å². The van der Waals surface area contributed by atoms with E-state index in [0.29, 0.717) is 13.0 Å². The standard InChI is InChI=1S/C14H20N2O4/c1-2-16(8-7-13(18)19)14(20)12(15)9-10-3-5-11(17)6-4-10/h3-6,12,17H,2,7-9,15H2,1H3,(H,18,19)/t12-/m1/s1. The summed E-state index contributed by atoms with van der Waals surface area (Å²) in [4.78, 5) is 24.1. The number of carbonyl (C=O) groups excluding carboxylic acids is 1. The van der Waals surface area contributed by atoms with Crippen molar-refractivity contribution >= 4 is 11.9 Å². The zero-order valence-corrected chi connectivity index (χ0v) is 11.5. The SMILES string of the molecule is CCN(CCC(=O)O)C(=O)[C@H](N)Cc1ccc(O)cc1. The van der Waals surface area contributed by atoms with Crippen LogP contribution in [0.4, 0.5) is 0 Å². The number of nitrogens with two attached hydrogens (primary N) is 1. The van der Waals surface area contributed by atoms with Gasteiger partial charge in [-0.05, 0) is 31.0 Å². The summed E-state index contributed by atoms with van der Waals surface area (Å²) in [6.07, 6.45) is 0.258. The van der Waals surface area contributed by atoms with Crippen LogP contribution in [0.15, 0.2) is 24.3 Å². The van der Waals surface area contributed by atoms with Crippen LogP contribution in [-0.4, -0.2) is 46.1 Å². The van der Waals surface area contributed by atoms with Crippen LogP contribution in [0.25, 0.3) is 0 Å². The number of rotatable bonds is 7. The van der Waals surface area contributed by atoms with Crippen molar-refractivity contribution in [2.24, 2.45) is 5.73 Å². The maximum atomic E-state index is 12.1. The minimum absolute atomic E-state index is 0.0918. The molecule has 1 aromatic rings. The average molecular weight is 280 g/mol. The molecular formula is C14H20N2O4. The van der Waals surface area contributed by atoms with Gasteiger partial charge in [-0.2, -0.15) is 0 Å². The summed E-state index contributed by atoms with van der Waals surface area (Å²) in [7, 11) is 0. The van der Waals surface area contributed by atoms with E-state index in [1.165, 1.54) is 17.0 Å². The second kappa shape index (κ2) is 7.49. The molecule has 0 aliphatic heterocycles. The third-order valence-electron chi connectivity index (χ3n) is 3.00. The third-order valence-corrected chi connectivity index (χ3v) is 3.00. The average Bonchev–Trinajstić information content (AvgIpc) is 2.41. The Morgan fingerprint density at radius 2 is 1.90 bits per heavy atom. The molecule has 0 saturated carbocycles. The van der Waals surface area contributed by atoms with Gasteiger partial charge in [-0.3, -0.25) is 9.59 Å². The fraction of sp³-hybridized carbons (Fsp3) is 0.429. The topological polar surface area (TPSA) is 104 Å². The van der Waals surface area contributed by atoms with Crippen LogP contribution in [0.2, 0.25) is 0 Å². The van der Waals surface area contributed by atoms with Gasteiger partial charge in [0.05, 0.1) is 12.5 Å². The Morgan fingerprint density at radius 1 is 1.30 bits per heavy atom. The number of nitrogens with zero attached hydrogens (tertiary/aromatic N) is 1. The van der Waals surface area contributed by atoms with Crippen LogP contribution in [0.3, 0.4) is 0 Å². The molecule has 4 N–H and O–H groups in total. The summed E-state index contributed by atoms with van der Waals surface area (Å²) in [5.41, 5.74) is 6.71. The Morgan fingerprint density at radius 3 is 2.40 bits per heavy atom. The van der Waals surface area contributed by atoms with Gasteiger partial charge in [0.15, 0.2) is 0 Å². The first-order chi connectivity index (χ1) is 9.43. The van der Waals surface area contributed by atoms with Gasteiger partial charge in [0.2, 0.25) is 5.91 Å². The summed E-state index contributed by atoms with van der Waals surface area (Å²) in [6, 6.07) is 5.77. The summed E-state index contributed by atoms with van der Waals surface area (Å²) in [5, 5.41) is 17.8. The van der Waals surface area contributed by atoms with Gasteiger partial charge >= 0.3 is 5.97 Å². The van der Waals surface area contributed by atoms with Crippen LogP contribution < -0.4 is 5.73 Å². The fourth-order valence-electron chi connectivity index (χ4n) is 1.86. The first kappa shape index (κ1) is 16.0. The molecule has 1 aromatic carbocycles. The van der Waals surface area contributed by atoms with Crippen molar-refractivity contribution in [1.29, 1.82) is 0 Å². The molecule has 6 nitrogen and oxygen atoms in total. The lowest BCUT2D eigenvalue weighted by Crippen LogP contribution is -2.45. The van der Waals surface area contributed by atoms with E-state index in [4.69, 9.17) is 10.8 Å². The maximum absolute atomic E-state index is 12.1. The van der Waals surface area contributed by atoms with Crippen molar-refractivity contribution in [2.45, 2.75) is 25.8 Å². The van der Waals surface area contributed by atoms with Crippen LogP contribution in [0, 0.1) is 0 Å². The molecule has 0 aromatic heterocycles. The summed E-state index contributed by atoms with van der Waals surface area (Å²) >= 11 is 0. The smallest absolute Gasteiger partial charge is 0.305 e. The van der Waals surface area contributed by atoms with Gasteiger partial charge in [-0.25, -0.2) is 0 Å². The van der Waals surface area contributed by atoms with Gasteiger partial charge < -0.3 is 20.8 Å². The van der Waals surface area contributed by atoms with E-state index in [9.17, 15) is 14.7 Å². The Kier molecular flexibility index (Phi) is 5.99. The molecule has 110 valence electrons. The predicted octanol–water partition coefficient (Wildman–Crippen LogP) is 0.585. The molecule has 0 radical (unpaired) electrons. The molecule has 0 spiro atoms. The quantitative estimate of drug-likeness (QED) is 0.678. The monoisotopic (exact) mass is 280 g/mol. The molecule has 6 heteroatoms. The molecule has 20 heavy (non-hydrogen) atoms. The summed E-state index contributed by atoms with van der Waals surface area (Å²) < 4.78 is 0. The number of amides is 1. The predicted molar refractivity (Wildman–Crippen MR) is 74.3 cm³/mol. The molecule has 1 rings (SSSR count). The number of carbonyl (C=O) groups is 2. The second-order valence-electron chi connectivity index (χ2n) is 4.54. The molecule has 0 saturated heterocycles. The number of phenolic OH excluding ortho intramolecular Hbond substituents is 1. The number of carboxylic acid groups (broad SMARTS) is 1. The molecule has 0 aliphatic rings. The van der Waals surface area contributed by atoms with Gasteiger partial charge in [0.25, 0.3) is 0 Å². The molecule has 0 bridgehead atoms. The Balaban J connectivity index is 2.59. The Bertz CT molecular complexity index is 459. The highest BCUT2D eigenvalue weighted by atomic mass is 16.4. The van der Waals surface area contributed by atoms with Gasteiger partial charge in [0, 0.05) is 13.1 Å². The fourth-order valence-corrected chi connectivity index (χ4v) is 1.86. The van der Waals surface area contributed by atoms with Crippen molar-refractivity contribution in [3.63, 3.8) is 0 Å². The normalized spacial score (nSPS) is 11.9. The van der Waals surface area contributed by atoms with Crippen molar-refractivity contribution in [1.82, 2.24) is 4.90 Å². The van der Waals surface area contributed by atoms with Crippen LogP contribution >= 0.6 is 0 Å². The van der Waals surface area contributed by atoms with Gasteiger partial charge in [-0.15, -0.1) is 0 Å². The number of aromatic hydroxyl groups is 1. The van der Waals surface area contributed by atoms with E-state index in [0.717, 1.165) is 5.56 Å². The lowest BCUT2D eigenvalue weighted by Gasteiger charge is -2.23. The second-order valence-corrected chi connectivity index (χ2v) is 4.54. The molecule has 0 fully saturated rings. The number of hydrogen-bond acceptors (Lipinski definition) is 4. The van der Waals surface area contributed by atoms with Crippen LogP contribution in [-0.2, 0) is 16.0 Å². The molecule has 1 atom stereocenters. The van der Waals surface area contributed by atoms with E-state index >= 15 is 0 Å². The van der Waals surface area contributed by atoms with Crippen molar-refractivity contribution in [3.8, 4) is 5.75 Å². The molecule has 0 unspecified atom stereocenters. The first-order valence-corrected chi connectivity index (χ1v) is 6.48. The van der Waals surface area contributed by atoms with Crippen molar-refractivity contribution in [2.75, 3.05) is 13.1 Å².